The molecule has 0 spiro atoms. The van der Waals surface area contributed by atoms with Gasteiger partial charge in [0.25, 0.3) is 0 Å². The molecule has 1 aliphatic heterocycles. The molecule has 1 amide bonds. The Morgan fingerprint density at radius 2 is 2.00 bits per heavy atom. The number of thioether (sulfide) groups is 1. The molecule has 0 unspecified atom stereocenters. The van der Waals surface area contributed by atoms with Gasteiger partial charge in [-0.25, -0.2) is 18.4 Å². The normalized spacial score (nSPS) is 21.5. The highest BCUT2D eigenvalue weighted by molar-refractivity contribution is 7.99. The summed E-state index contributed by atoms with van der Waals surface area (Å²) in [6, 6.07) is 11.7. The number of benzene rings is 1. The molecule has 1 fully saturated rings. The van der Waals surface area contributed by atoms with Crippen LogP contribution in [-0.4, -0.2) is 47.1 Å². The summed E-state index contributed by atoms with van der Waals surface area (Å²) in [6.45, 7) is 3.67. The molecule has 2 aromatic rings. The van der Waals surface area contributed by atoms with Crippen molar-refractivity contribution in [2.75, 3.05) is 17.3 Å². The molecule has 26 heavy (non-hydrogen) atoms. The fourth-order valence-corrected chi connectivity index (χ4v) is 5.77. The number of rotatable bonds is 5. The Morgan fingerprint density at radius 3 is 2.65 bits per heavy atom. The number of carbonyl (C=O) groups excluding carboxylic acids is 1. The smallest absolute Gasteiger partial charge is 0.230 e. The van der Waals surface area contributed by atoms with E-state index in [9.17, 15) is 13.2 Å². The number of nitrogens with one attached hydrogen (secondary N) is 1. The predicted octanol–water partition coefficient (Wildman–Crippen LogP) is 2.24. The maximum Gasteiger partial charge on any atom is 0.230 e. The highest BCUT2D eigenvalue weighted by Gasteiger charge is 2.39. The van der Waals surface area contributed by atoms with Crippen molar-refractivity contribution in [2.45, 2.75) is 31.0 Å². The summed E-state index contributed by atoms with van der Waals surface area (Å²) in [5.41, 5.74) is 1.96. The van der Waals surface area contributed by atoms with E-state index in [4.69, 9.17) is 0 Å². The Balaban J connectivity index is 1.65. The second-order valence-electron chi connectivity index (χ2n) is 6.78. The van der Waals surface area contributed by atoms with Crippen molar-refractivity contribution < 1.29 is 13.2 Å². The minimum Gasteiger partial charge on any atom is -0.349 e. The third-order valence-corrected chi connectivity index (χ3v) is 6.93. The van der Waals surface area contributed by atoms with Gasteiger partial charge in [0, 0.05) is 11.3 Å². The van der Waals surface area contributed by atoms with Crippen molar-refractivity contribution in [1.82, 2.24) is 15.3 Å². The molecule has 0 saturated carbocycles. The lowest BCUT2D eigenvalue weighted by atomic mass is 10.0. The highest BCUT2D eigenvalue weighted by atomic mass is 32.2. The van der Waals surface area contributed by atoms with Crippen molar-refractivity contribution in [2.24, 2.45) is 0 Å². The maximum absolute atomic E-state index is 12.2. The van der Waals surface area contributed by atoms with E-state index in [1.54, 1.807) is 6.92 Å². The summed E-state index contributed by atoms with van der Waals surface area (Å²) >= 11 is 1.25. The number of aryl methyl sites for hydroxylation is 1. The van der Waals surface area contributed by atoms with Crippen LogP contribution in [0.15, 0.2) is 41.6 Å². The molecule has 1 aromatic heterocycles. The van der Waals surface area contributed by atoms with Crippen LogP contribution < -0.4 is 5.32 Å². The molecule has 1 aromatic carbocycles. The number of aromatic nitrogens is 2. The summed E-state index contributed by atoms with van der Waals surface area (Å²) in [5.74, 6) is 0.0576. The Kier molecular flexibility index (Phi) is 5.34. The standard InChI is InChI=1S/C18H21N3O3S2/c1-13-10-15(14-6-4-3-5-7-14)20-17(19-13)25-11-16(22)21-18(2)8-9-26(23,24)12-18/h3-7,10H,8-9,11-12H2,1-2H3,(H,21,22)/t18-/m0/s1. The topological polar surface area (TPSA) is 89.0 Å². The Hall–Kier alpha value is -1.93. The third kappa shape index (κ3) is 4.82. The molecule has 8 heteroatoms. The minimum atomic E-state index is -3.05. The SMILES string of the molecule is Cc1cc(-c2ccccc2)nc(SCC(=O)N[C@@]2(C)CCS(=O)(=O)C2)n1. The maximum atomic E-state index is 12.2. The van der Waals surface area contributed by atoms with Crippen LogP contribution in [0.2, 0.25) is 0 Å². The summed E-state index contributed by atoms with van der Waals surface area (Å²) in [4.78, 5) is 21.1. The Labute approximate surface area is 157 Å². The van der Waals surface area contributed by atoms with Crippen molar-refractivity contribution >= 4 is 27.5 Å². The Morgan fingerprint density at radius 1 is 1.27 bits per heavy atom. The van der Waals surface area contributed by atoms with Gasteiger partial charge >= 0.3 is 0 Å². The quantitative estimate of drug-likeness (QED) is 0.621. The van der Waals surface area contributed by atoms with Crippen LogP contribution in [0.3, 0.4) is 0 Å². The van der Waals surface area contributed by atoms with E-state index in [2.05, 4.69) is 15.3 Å². The van der Waals surface area contributed by atoms with Crippen molar-refractivity contribution in [3.05, 3.63) is 42.1 Å². The zero-order chi connectivity index (χ0) is 18.8. The molecule has 2 heterocycles. The van der Waals surface area contributed by atoms with Gasteiger partial charge in [-0.1, -0.05) is 42.1 Å². The summed E-state index contributed by atoms with van der Waals surface area (Å²) in [5, 5.41) is 3.38. The van der Waals surface area contributed by atoms with Gasteiger partial charge in [0.2, 0.25) is 5.91 Å². The van der Waals surface area contributed by atoms with Crippen LogP contribution in [0, 0.1) is 6.92 Å². The molecular weight excluding hydrogens is 370 g/mol. The van der Waals surface area contributed by atoms with Crippen LogP contribution >= 0.6 is 11.8 Å². The highest BCUT2D eigenvalue weighted by Crippen LogP contribution is 2.24. The second-order valence-corrected chi connectivity index (χ2v) is 9.91. The van der Waals surface area contributed by atoms with E-state index >= 15 is 0 Å². The van der Waals surface area contributed by atoms with Crippen molar-refractivity contribution in [3.63, 3.8) is 0 Å². The van der Waals surface area contributed by atoms with Gasteiger partial charge in [0.1, 0.15) is 0 Å². The van der Waals surface area contributed by atoms with E-state index in [1.165, 1.54) is 11.8 Å². The molecule has 1 atom stereocenters. The first-order valence-electron chi connectivity index (χ1n) is 8.30. The lowest BCUT2D eigenvalue weighted by Gasteiger charge is -2.23. The Bertz CT molecular complexity index is 917. The van der Waals surface area contributed by atoms with Gasteiger partial charge in [-0.05, 0) is 26.3 Å². The van der Waals surface area contributed by atoms with Gasteiger partial charge in [0.15, 0.2) is 15.0 Å². The average molecular weight is 392 g/mol. The number of nitrogens with zero attached hydrogens (tertiary/aromatic N) is 2. The number of carbonyl (C=O) groups is 1. The largest absolute Gasteiger partial charge is 0.349 e. The van der Waals surface area contributed by atoms with E-state index in [0.29, 0.717) is 11.6 Å². The van der Waals surface area contributed by atoms with E-state index in [-0.39, 0.29) is 23.2 Å². The summed E-state index contributed by atoms with van der Waals surface area (Å²) < 4.78 is 23.3. The van der Waals surface area contributed by atoms with Gasteiger partial charge in [-0.2, -0.15) is 0 Å². The lowest BCUT2D eigenvalue weighted by molar-refractivity contribution is -0.120. The van der Waals surface area contributed by atoms with Crippen molar-refractivity contribution in [1.29, 1.82) is 0 Å². The van der Waals surface area contributed by atoms with Gasteiger partial charge < -0.3 is 5.32 Å². The summed E-state index contributed by atoms with van der Waals surface area (Å²) in [7, 11) is -3.05. The van der Waals surface area contributed by atoms with Gasteiger partial charge in [-0.15, -0.1) is 0 Å². The monoisotopic (exact) mass is 391 g/mol. The fourth-order valence-electron chi connectivity index (χ4n) is 2.97. The molecule has 1 aliphatic rings. The zero-order valence-corrected chi connectivity index (χ0v) is 16.4. The molecule has 3 rings (SSSR count). The minimum absolute atomic E-state index is 0.00446. The molecule has 0 bridgehead atoms. The second kappa shape index (κ2) is 7.36. The van der Waals surface area contributed by atoms with Crippen LogP contribution in [0.1, 0.15) is 19.0 Å². The molecule has 0 radical (unpaired) electrons. The van der Waals surface area contributed by atoms with Crippen molar-refractivity contribution in [3.8, 4) is 11.3 Å². The number of hydrogen-bond donors (Lipinski definition) is 1. The van der Waals surface area contributed by atoms with Gasteiger partial charge in [0.05, 0.1) is 28.5 Å². The molecule has 1 saturated heterocycles. The third-order valence-electron chi connectivity index (χ3n) is 4.18. The van der Waals surface area contributed by atoms with Gasteiger partial charge in [-0.3, -0.25) is 4.79 Å². The molecule has 1 N–H and O–H groups in total. The summed E-state index contributed by atoms with van der Waals surface area (Å²) in [6.07, 6.45) is 0.449. The van der Waals surface area contributed by atoms with E-state index < -0.39 is 15.4 Å². The number of hydrogen-bond acceptors (Lipinski definition) is 6. The first-order valence-corrected chi connectivity index (χ1v) is 11.1. The predicted molar refractivity (Wildman–Crippen MR) is 103 cm³/mol. The average Bonchev–Trinajstić information content (AvgIpc) is 2.86. The fraction of sp³-hybridized carbons (Fsp3) is 0.389. The number of amides is 1. The first-order chi connectivity index (χ1) is 12.2. The van der Waals surface area contributed by atoms with Crippen LogP contribution in [0.4, 0.5) is 0 Å². The molecular formula is C18H21N3O3S2. The number of sulfone groups is 1. The first kappa shape index (κ1) is 18.8. The van der Waals surface area contributed by atoms with E-state index in [0.717, 1.165) is 17.0 Å². The molecule has 6 nitrogen and oxygen atoms in total. The zero-order valence-electron chi connectivity index (χ0n) is 14.7. The molecule has 138 valence electrons. The van der Waals surface area contributed by atoms with Crippen LogP contribution in [-0.2, 0) is 14.6 Å². The van der Waals surface area contributed by atoms with Crippen LogP contribution in [0.5, 0.6) is 0 Å². The lowest BCUT2D eigenvalue weighted by Crippen LogP contribution is -2.47. The molecule has 0 aliphatic carbocycles. The van der Waals surface area contributed by atoms with E-state index in [1.807, 2.05) is 43.3 Å². The van der Waals surface area contributed by atoms with Crippen LogP contribution in [0.25, 0.3) is 11.3 Å².